The lowest BCUT2D eigenvalue weighted by Crippen LogP contribution is -2.09. The number of pyridine rings is 1. The molecule has 0 N–H and O–H groups in total. The molecule has 1 nitrogen and oxygen atoms in total. The first kappa shape index (κ1) is 17.2. The lowest BCUT2D eigenvalue weighted by Gasteiger charge is -2.20. The molecule has 0 amide bonds. The first-order chi connectivity index (χ1) is 13.4. The van der Waals surface area contributed by atoms with Gasteiger partial charge in [-0.25, -0.2) is 0 Å². The van der Waals surface area contributed by atoms with Crippen LogP contribution in [0.3, 0.4) is 0 Å². The maximum absolute atomic E-state index is 4.85. The summed E-state index contributed by atoms with van der Waals surface area (Å²) in [7, 11) is 0. The normalized spacial score (nSPS) is 12.4. The highest BCUT2D eigenvalue weighted by molar-refractivity contribution is 6.12. The molecule has 1 aromatic heterocycles. The number of aromatic nitrogens is 1. The molecule has 3 aromatic carbocycles. The lowest BCUT2D eigenvalue weighted by molar-refractivity contribution is 0.411. The quantitative estimate of drug-likeness (QED) is 0.301. The van der Waals surface area contributed by atoms with Crippen molar-refractivity contribution in [1.82, 2.24) is 4.98 Å². The fraction of sp³-hybridized carbons (Fsp3) is 0.222. The van der Waals surface area contributed by atoms with Crippen molar-refractivity contribution in [3.63, 3.8) is 0 Å². The molecular weight excluding hydrogens is 338 g/mol. The summed E-state index contributed by atoms with van der Waals surface area (Å²) in [5, 5.41) is 2.60. The Morgan fingerprint density at radius 2 is 1.57 bits per heavy atom. The molecule has 1 aliphatic carbocycles. The van der Waals surface area contributed by atoms with E-state index in [1.165, 1.54) is 49.7 Å². The molecule has 1 aliphatic rings. The first-order valence-corrected chi connectivity index (χ1v) is 10.0. The van der Waals surface area contributed by atoms with Crippen molar-refractivity contribution in [3.8, 4) is 33.5 Å². The van der Waals surface area contributed by atoms with Crippen LogP contribution in [0.1, 0.15) is 31.9 Å². The van der Waals surface area contributed by atoms with Gasteiger partial charge in [0.1, 0.15) is 0 Å². The Morgan fingerprint density at radius 1 is 0.750 bits per heavy atom. The van der Waals surface area contributed by atoms with Gasteiger partial charge in [-0.1, -0.05) is 69.3 Å². The fourth-order valence-electron chi connectivity index (χ4n) is 4.60. The van der Waals surface area contributed by atoms with Crippen LogP contribution in [0.25, 0.3) is 44.3 Å². The molecule has 0 spiro atoms. The highest BCUT2D eigenvalue weighted by atomic mass is 14.7. The van der Waals surface area contributed by atoms with Crippen LogP contribution in [0.15, 0.2) is 66.9 Å². The van der Waals surface area contributed by atoms with Crippen molar-refractivity contribution >= 4 is 10.8 Å². The summed E-state index contributed by atoms with van der Waals surface area (Å²) in [6.45, 7) is 9.07. The van der Waals surface area contributed by atoms with Crippen molar-refractivity contribution in [2.45, 2.75) is 34.1 Å². The molecule has 138 valence electrons. The third kappa shape index (κ3) is 2.74. The van der Waals surface area contributed by atoms with Gasteiger partial charge >= 0.3 is 0 Å². The van der Waals surface area contributed by atoms with Crippen LogP contribution >= 0.6 is 0 Å². The second-order valence-corrected chi connectivity index (χ2v) is 9.23. The molecule has 0 unspecified atom stereocenters. The number of rotatable bonds is 1. The number of nitrogens with zero attached hydrogens (tertiary/aromatic N) is 1. The Hall–Kier alpha value is -2.93. The number of aryl methyl sites for hydroxylation is 1. The van der Waals surface area contributed by atoms with Crippen molar-refractivity contribution in [2.75, 3.05) is 0 Å². The van der Waals surface area contributed by atoms with E-state index in [0.29, 0.717) is 0 Å². The highest BCUT2D eigenvalue weighted by Crippen LogP contribution is 2.47. The van der Waals surface area contributed by atoms with Gasteiger partial charge in [0.2, 0.25) is 0 Å². The molecule has 1 heterocycles. The molecule has 5 rings (SSSR count). The highest BCUT2D eigenvalue weighted by Gasteiger charge is 2.23. The minimum absolute atomic E-state index is 0.261. The number of hydrogen-bond donors (Lipinski definition) is 0. The van der Waals surface area contributed by atoms with Crippen LogP contribution < -0.4 is 0 Å². The topological polar surface area (TPSA) is 12.9 Å². The largest absolute Gasteiger partial charge is 0.256 e. The van der Waals surface area contributed by atoms with Gasteiger partial charge in [-0.2, -0.15) is 0 Å². The summed E-state index contributed by atoms with van der Waals surface area (Å²) in [5.41, 5.74) is 10.4. The van der Waals surface area contributed by atoms with Gasteiger partial charge < -0.3 is 0 Å². The van der Waals surface area contributed by atoms with Gasteiger partial charge in [-0.05, 0) is 69.5 Å². The fourth-order valence-corrected chi connectivity index (χ4v) is 4.60. The van der Waals surface area contributed by atoms with Crippen LogP contribution in [0, 0.1) is 12.3 Å². The second-order valence-electron chi connectivity index (χ2n) is 9.23. The van der Waals surface area contributed by atoms with E-state index in [9.17, 15) is 0 Å². The van der Waals surface area contributed by atoms with Gasteiger partial charge in [0.05, 0.1) is 5.69 Å². The third-order valence-corrected chi connectivity index (χ3v) is 5.58. The van der Waals surface area contributed by atoms with Crippen molar-refractivity contribution < 1.29 is 0 Å². The predicted octanol–water partition coefficient (Wildman–Crippen LogP) is 7.45. The summed E-state index contributed by atoms with van der Waals surface area (Å²) in [6, 6.07) is 22.5. The van der Waals surface area contributed by atoms with Gasteiger partial charge in [0, 0.05) is 17.3 Å². The number of fused-ring (bicyclic) bond motifs is 5. The Kier molecular flexibility index (Phi) is 3.71. The van der Waals surface area contributed by atoms with Crippen molar-refractivity contribution in [1.29, 1.82) is 0 Å². The summed E-state index contributed by atoms with van der Waals surface area (Å²) < 4.78 is 0. The summed E-state index contributed by atoms with van der Waals surface area (Å²) in [6.07, 6.45) is 2.98. The maximum Gasteiger partial charge on any atom is 0.0787 e. The zero-order valence-electron chi connectivity index (χ0n) is 17.0. The lowest BCUT2D eigenvalue weighted by atomic mass is 9.85. The molecule has 0 aliphatic heterocycles. The Bertz CT molecular complexity index is 1220. The summed E-state index contributed by atoms with van der Waals surface area (Å²) in [4.78, 5) is 4.85. The number of hydrogen-bond acceptors (Lipinski definition) is 1. The molecule has 0 atom stereocenters. The van der Waals surface area contributed by atoms with Gasteiger partial charge in [0.25, 0.3) is 0 Å². The maximum atomic E-state index is 4.85. The zero-order chi connectivity index (χ0) is 19.5. The summed E-state index contributed by atoms with van der Waals surface area (Å²) >= 11 is 0. The predicted molar refractivity (Wildman–Crippen MR) is 120 cm³/mol. The SMILES string of the molecule is Cc1cc2c3c(cccc3c1)-c1ccc(CC(C)(C)C)cc1-c1cccnc1-2. The van der Waals surface area contributed by atoms with Crippen LogP contribution in [-0.2, 0) is 6.42 Å². The Morgan fingerprint density at radius 3 is 2.39 bits per heavy atom. The molecule has 0 fully saturated rings. The Labute approximate surface area is 167 Å². The minimum Gasteiger partial charge on any atom is -0.256 e. The monoisotopic (exact) mass is 363 g/mol. The van der Waals surface area contributed by atoms with E-state index in [1.54, 1.807) is 0 Å². The van der Waals surface area contributed by atoms with Crippen LogP contribution in [-0.4, -0.2) is 4.98 Å². The Balaban J connectivity index is 1.90. The van der Waals surface area contributed by atoms with E-state index in [-0.39, 0.29) is 5.41 Å². The average Bonchev–Trinajstić information content (AvgIpc) is 2.76. The van der Waals surface area contributed by atoms with E-state index in [0.717, 1.165) is 12.1 Å². The van der Waals surface area contributed by atoms with Crippen LogP contribution in [0.5, 0.6) is 0 Å². The minimum atomic E-state index is 0.261. The smallest absolute Gasteiger partial charge is 0.0787 e. The standard InChI is InChI=1S/C27H25N/c1-17-13-19-7-5-8-21-20-11-10-18(16-27(2,3)4)15-23(20)22-9-6-12-28-26(22)24(14-17)25(19)21/h5-15H,16H2,1-4H3. The summed E-state index contributed by atoms with van der Waals surface area (Å²) in [5.74, 6) is 0. The zero-order valence-corrected chi connectivity index (χ0v) is 17.0. The molecule has 4 aromatic rings. The molecule has 0 saturated heterocycles. The molecular formula is C27H25N. The van der Waals surface area contributed by atoms with E-state index in [2.05, 4.69) is 88.4 Å². The molecule has 0 bridgehead atoms. The molecule has 1 heteroatoms. The van der Waals surface area contributed by atoms with E-state index in [1.807, 2.05) is 6.20 Å². The van der Waals surface area contributed by atoms with E-state index >= 15 is 0 Å². The first-order valence-electron chi connectivity index (χ1n) is 10.0. The van der Waals surface area contributed by atoms with Gasteiger partial charge in [-0.15, -0.1) is 0 Å². The second kappa shape index (κ2) is 6.04. The van der Waals surface area contributed by atoms with Gasteiger partial charge in [0.15, 0.2) is 0 Å². The molecule has 0 saturated carbocycles. The molecule has 0 radical (unpaired) electrons. The van der Waals surface area contributed by atoms with Crippen LogP contribution in [0.2, 0.25) is 0 Å². The van der Waals surface area contributed by atoms with E-state index in [4.69, 9.17) is 4.98 Å². The number of benzene rings is 3. The van der Waals surface area contributed by atoms with Crippen LogP contribution in [0.4, 0.5) is 0 Å². The van der Waals surface area contributed by atoms with Crippen molar-refractivity contribution in [3.05, 3.63) is 78.0 Å². The third-order valence-electron chi connectivity index (χ3n) is 5.58. The molecule has 28 heavy (non-hydrogen) atoms. The average molecular weight is 364 g/mol. The van der Waals surface area contributed by atoms with Crippen molar-refractivity contribution in [2.24, 2.45) is 5.41 Å². The van der Waals surface area contributed by atoms with E-state index < -0.39 is 0 Å². The van der Waals surface area contributed by atoms with Gasteiger partial charge in [-0.3, -0.25) is 4.98 Å².